The van der Waals surface area contributed by atoms with E-state index < -0.39 is 0 Å². The van der Waals surface area contributed by atoms with Gasteiger partial charge in [0, 0.05) is 48.3 Å². The summed E-state index contributed by atoms with van der Waals surface area (Å²) in [6.45, 7) is 0. The van der Waals surface area contributed by atoms with Gasteiger partial charge in [-0.25, -0.2) is 0 Å². The number of benzene rings is 3. The number of fused-ring (bicyclic) bond motifs is 2. The van der Waals surface area contributed by atoms with Gasteiger partial charge in [0.1, 0.15) is 0 Å². The molecule has 0 bridgehead atoms. The minimum atomic E-state index is 0.906. The molecule has 0 amide bonds. The highest BCUT2D eigenvalue weighted by Crippen LogP contribution is 2.44. The lowest BCUT2D eigenvalue weighted by atomic mass is 9.86. The van der Waals surface area contributed by atoms with Crippen LogP contribution in [0.3, 0.4) is 0 Å². The van der Waals surface area contributed by atoms with E-state index in [1.165, 1.54) is 32.7 Å². The van der Waals surface area contributed by atoms with Crippen molar-refractivity contribution in [2.45, 2.75) is 0 Å². The molecule has 0 N–H and O–H groups in total. The molecule has 4 heteroatoms. The standard InChI is InChI=1S/C34H22N4/c1-2-10-28-27(9-1)33(23-13-17-37-31(19-23)25-7-5-15-35-21-25)29-11-3-4-12-30(29)34(28)24-14-18-38-32(20-24)26-8-6-16-36-22-26/h1-22H. The molecule has 4 aromatic heterocycles. The molecular weight excluding hydrogens is 464 g/mol. The molecule has 3 aromatic carbocycles. The van der Waals surface area contributed by atoms with Crippen LogP contribution in [0.25, 0.3) is 66.3 Å². The zero-order valence-electron chi connectivity index (χ0n) is 20.5. The summed E-state index contributed by atoms with van der Waals surface area (Å²) in [7, 11) is 0. The molecule has 0 spiro atoms. The first-order chi connectivity index (χ1) is 18.9. The van der Waals surface area contributed by atoms with Gasteiger partial charge in [0.25, 0.3) is 0 Å². The first kappa shape index (κ1) is 22.0. The van der Waals surface area contributed by atoms with Crippen molar-refractivity contribution in [1.82, 2.24) is 19.9 Å². The molecule has 38 heavy (non-hydrogen) atoms. The first-order valence-electron chi connectivity index (χ1n) is 12.5. The Kier molecular flexibility index (Phi) is 5.41. The van der Waals surface area contributed by atoms with Crippen LogP contribution in [-0.2, 0) is 0 Å². The average Bonchev–Trinajstić information content (AvgIpc) is 3.01. The summed E-state index contributed by atoms with van der Waals surface area (Å²) in [5, 5.41) is 4.79. The van der Waals surface area contributed by atoms with Crippen molar-refractivity contribution in [3.63, 3.8) is 0 Å². The SMILES string of the molecule is c1cncc(-c2cc(-c3c4ccccc4c(-c4ccnc(-c5cccnc5)c4)c4ccccc34)ccn2)c1. The zero-order chi connectivity index (χ0) is 25.3. The Morgan fingerprint density at radius 1 is 0.368 bits per heavy atom. The van der Waals surface area contributed by atoms with Gasteiger partial charge >= 0.3 is 0 Å². The van der Waals surface area contributed by atoms with Crippen molar-refractivity contribution in [1.29, 1.82) is 0 Å². The van der Waals surface area contributed by atoms with E-state index in [0.717, 1.165) is 33.6 Å². The van der Waals surface area contributed by atoms with Crippen LogP contribution in [0.2, 0.25) is 0 Å². The van der Waals surface area contributed by atoms with Crippen LogP contribution in [0, 0.1) is 0 Å². The molecule has 4 heterocycles. The molecule has 4 nitrogen and oxygen atoms in total. The van der Waals surface area contributed by atoms with Crippen molar-refractivity contribution in [2.75, 3.05) is 0 Å². The molecule has 0 radical (unpaired) electrons. The second kappa shape index (κ2) is 9.34. The highest BCUT2D eigenvalue weighted by molar-refractivity contribution is 6.21. The van der Waals surface area contributed by atoms with Crippen LogP contribution in [0.15, 0.2) is 134 Å². The van der Waals surface area contributed by atoms with Crippen LogP contribution in [-0.4, -0.2) is 19.9 Å². The van der Waals surface area contributed by atoms with E-state index in [4.69, 9.17) is 0 Å². The smallest absolute Gasteiger partial charge is 0.0723 e. The topological polar surface area (TPSA) is 51.6 Å². The number of pyridine rings is 4. The van der Waals surface area contributed by atoms with Gasteiger partial charge < -0.3 is 0 Å². The summed E-state index contributed by atoms with van der Waals surface area (Å²) in [6, 6.07) is 33.8. The molecule has 178 valence electrons. The van der Waals surface area contributed by atoms with E-state index in [1.54, 1.807) is 12.4 Å². The van der Waals surface area contributed by atoms with Gasteiger partial charge in [-0.15, -0.1) is 0 Å². The largest absolute Gasteiger partial charge is 0.264 e. The fourth-order valence-corrected chi connectivity index (χ4v) is 5.27. The lowest BCUT2D eigenvalue weighted by molar-refractivity contribution is 1.28. The van der Waals surface area contributed by atoms with E-state index in [2.05, 4.69) is 92.7 Å². The van der Waals surface area contributed by atoms with Crippen LogP contribution >= 0.6 is 0 Å². The van der Waals surface area contributed by atoms with E-state index in [-0.39, 0.29) is 0 Å². The minimum absolute atomic E-state index is 0.906. The van der Waals surface area contributed by atoms with E-state index in [0.29, 0.717) is 0 Å². The number of rotatable bonds is 4. The summed E-state index contributed by atoms with van der Waals surface area (Å²) in [5.41, 5.74) is 8.47. The average molecular weight is 487 g/mol. The van der Waals surface area contributed by atoms with Crippen molar-refractivity contribution in [3.8, 4) is 44.8 Å². The van der Waals surface area contributed by atoms with Gasteiger partial charge in [-0.2, -0.15) is 0 Å². The van der Waals surface area contributed by atoms with E-state index >= 15 is 0 Å². The van der Waals surface area contributed by atoms with Gasteiger partial charge in [0.05, 0.1) is 11.4 Å². The first-order valence-corrected chi connectivity index (χ1v) is 12.5. The molecule has 0 atom stereocenters. The molecule has 0 fully saturated rings. The molecule has 7 aromatic rings. The van der Waals surface area contributed by atoms with Gasteiger partial charge in [0.2, 0.25) is 0 Å². The third-order valence-electron chi connectivity index (χ3n) is 6.94. The molecule has 0 unspecified atom stereocenters. The summed E-state index contributed by atoms with van der Waals surface area (Å²) in [5.74, 6) is 0. The Hall–Kier alpha value is -5.22. The monoisotopic (exact) mass is 486 g/mol. The Labute approximate surface area is 220 Å². The predicted octanol–water partition coefficient (Wildman–Crippen LogP) is 8.24. The van der Waals surface area contributed by atoms with Crippen molar-refractivity contribution in [3.05, 3.63) is 134 Å². The lowest BCUT2D eigenvalue weighted by Crippen LogP contribution is -1.93. The fourth-order valence-electron chi connectivity index (χ4n) is 5.27. The fraction of sp³-hybridized carbons (Fsp3) is 0. The van der Waals surface area contributed by atoms with Crippen LogP contribution in [0.1, 0.15) is 0 Å². The lowest BCUT2D eigenvalue weighted by Gasteiger charge is -2.18. The second-order valence-corrected chi connectivity index (χ2v) is 9.18. The Morgan fingerprint density at radius 2 is 0.789 bits per heavy atom. The maximum Gasteiger partial charge on any atom is 0.0723 e. The van der Waals surface area contributed by atoms with Crippen molar-refractivity contribution >= 4 is 21.5 Å². The maximum atomic E-state index is 4.65. The van der Waals surface area contributed by atoms with Gasteiger partial charge in [0.15, 0.2) is 0 Å². The maximum absolute atomic E-state index is 4.65. The summed E-state index contributed by atoms with van der Waals surface area (Å²) < 4.78 is 0. The van der Waals surface area contributed by atoms with Gasteiger partial charge in [-0.3, -0.25) is 19.9 Å². The Bertz CT molecular complexity index is 1720. The molecule has 0 aliphatic heterocycles. The number of hydrogen-bond donors (Lipinski definition) is 0. The summed E-state index contributed by atoms with van der Waals surface area (Å²) in [6.07, 6.45) is 11.1. The van der Waals surface area contributed by atoms with Crippen molar-refractivity contribution < 1.29 is 0 Å². The van der Waals surface area contributed by atoms with Crippen molar-refractivity contribution in [2.24, 2.45) is 0 Å². The predicted molar refractivity (Wildman–Crippen MR) is 154 cm³/mol. The molecule has 0 aliphatic carbocycles. The summed E-state index contributed by atoms with van der Waals surface area (Å²) in [4.78, 5) is 17.9. The molecule has 0 saturated heterocycles. The third kappa shape index (κ3) is 3.80. The number of aromatic nitrogens is 4. The molecular formula is C34H22N4. The highest BCUT2D eigenvalue weighted by Gasteiger charge is 2.17. The van der Waals surface area contributed by atoms with E-state index in [9.17, 15) is 0 Å². The van der Waals surface area contributed by atoms with Crippen LogP contribution in [0.5, 0.6) is 0 Å². The quantitative estimate of drug-likeness (QED) is 0.235. The third-order valence-corrected chi connectivity index (χ3v) is 6.94. The molecule has 0 saturated carbocycles. The number of nitrogens with zero attached hydrogens (tertiary/aromatic N) is 4. The van der Waals surface area contributed by atoms with Crippen LogP contribution in [0.4, 0.5) is 0 Å². The minimum Gasteiger partial charge on any atom is -0.264 e. The number of hydrogen-bond acceptors (Lipinski definition) is 4. The van der Waals surface area contributed by atoms with Crippen LogP contribution < -0.4 is 0 Å². The highest BCUT2D eigenvalue weighted by atomic mass is 14.7. The van der Waals surface area contributed by atoms with Gasteiger partial charge in [-0.05, 0) is 92.3 Å². The molecule has 7 rings (SSSR count). The Balaban J connectivity index is 1.51. The second-order valence-electron chi connectivity index (χ2n) is 9.18. The normalized spacial score (nSPS) is 11.2. The molecule has 0 aliphatic rings. The summed E-state index contributed by atoms with van der Waals surface area (Å²) >= 11 is 0. The zero-order valence-corrected chi connectivity index (χ0v) is 20.5. The Morgan fingerprint density at radius 3 is 1.16 bits per heavy atom. The van der Waals surface area contributed by atoms with Gasteiger partial charge in [-0.1, -0.05) is 48.5 Å². The van der Waals surface area contributed by atoms with E-state index in [1.807, 2.05) is 49.1 Å².